The summed E-state index contributed by atoms with van der Waals surface area (Å²) in [5.74, 6) is 1.04. The van der Waals surface area contributed by atoms with Crippen LogP contribution in [0, 0.1) is 0 Å². The number of hydrogen-bond donors (Lipinski definition) is 1. The van der Waals surface area contributed by atoms with Gasteiger partial charge in [0.05, 0.1) is 5.36 Å². The molecule has 18 heavy (non-hydrogen) atoms. The second kappa shape index (κ2) is 5.76. The van der Waals surface area contributed by atoms with E-state index < -0.39 is 0 Å². The van der Waals surface area contributed by atoms with Crippen LogP contribution in [0.4, 0.5) is 0 Å². The Morgan fingerprint density at radius 2 is 2.11 bits per heavy atom. The van der Waals surface area contributed by atoms with Crippen LogP contribution < -0.4 is 15.9 Å². The van der Waals surface area contributed by atoms with Crippen LogP contribution >= 0.6 is 11.8 Å². The lowest BCUT2D eigenvalue weighted by Crippen LogP contribution is -2.40. The van der Waals surface area contributed by atoms with Gasteiger partial charge in [0.15, 0.2) is 0 Å². The van der Waals surface area contributed by atoms with Gasteiger partial charge in [0.1, 0.15) is 6.17 Å². The Balaban J connectivity index is 1.60. The predicted molar refractivity (Wildman–Crippen MR) is 74.9 cm³/mol. The molecule has 0 aromatic heterocycles. The highest BCUT2D eigenvalue weighted by atomic mass is 32.2. The summed E-state index contributed by atoms with van der Waals surface area (Å²) in [5, 5.41) is 6.40. The third-order valence-corrected chi connectivity index (χ3v) is 4.77. The first-order valence-corrected chi connectivity index (χ1v) is 7.55. The molecule has 0 radical (unpaired) electrons. The van der Waals surface area contributed by atoms with E-state index in [4.69, 9.17) is 9.73 Å². The van der Waals surface area contributed by atoms with Crippen molar-refractivity contribution < 1.29 is 4.74 Å². The second-order valence-electron chi connectivity index (χ2n) is 4.66. The molecule has 96 valence electrons. The zero-order chi connectivity index (χ0) is 12.2. The minimum atomic E-state index is 0.216. The highest BCUT2D eigenvalue weighted by Gasteiger charge is 2.16. The van der Waals surface area contributed by atoms with E-state index in [1.165, 1.54) is 18.1 Å². The van der Waals surface area contributed by atoms with Crippen molar-refractivity contribution in [2.45, 2.75) is 24.3 Å². The molecule has 1 atom stereocenters. The van der Waals surface area contributed by atoms with E-state index >= 15 is 0 Å². The molecular weight excluding hydrogens is 244 g/mol. The highest BCUT2D eigenvalue weighted by molar-refractivity contribution is 7.99. The minimum Gasteiger partial charge on any atom is -0.381 e. The van der Waals surface area contributed by atoms with Gasteiger partial charge in [-0.1, -0.05) is 18.2 Å². The fourth-order valence-corrected chi connectivity index (χ4v) is 3.42. The number of benzene rings is 1. The average molecular weight is 262 g/mol. The molecule has 1 N–H and O–H groups in total. The number of rotatable bonds is 3. The van der Waals surface area contributed by atoms with Crippen LogP contribution in [0.25, 0.3) is 6.20 Å². The third kappa shape index (κ3) is 2.87. The van der Waals surface area contributed by atoms with Crippen molar-refractivity contribution in [2.24, 2.45) is 4.99 Å². The summed E-state index contributed by atoms with van der Waals surface area (Å²) < 4.78 is 5.38. The van der Waals surface area contributed by atoms with Gasteiger partial charge >= 0.3 is 0 Å². The van der Waals surface area contributed by atoms with Crippen LogP contribution in [-0.4, -0.2) is 30.4 Å². The molecule has 1 aromatic rings. The number of nitrogens with one attached hydrogen (secondary N) is 1. The Kier molecular flexibility index (Phi) is 3.86. The van der Waals surface area contributed by atoms with Crippen LogP contribution in [-0.2, 0) is 4.74 Å². The lowest BCUT2D eigenvalue weighted by atomic mass is 10.2. The molecule has 2 aliphatic heterocycles. The maximum absolute atomic E-state index is 5.38. The van der Waals surface area contributed by atoms with E-state index in [9.17, 15) is 0 Å². The van der Waals surface area contributed by atoms with Crippen LogP contribution in [0.2, 0.25) is 0 Å². The molecule has 2 heterocycles. The van der Waals surface area contributed by atoms with Gasteiger partial charge in [0, 0.05) is 35.6 Å². The first kappa shape index (κ1) is 12.1. The third-order valence-electron chi connectivity index (χ3n) is 3.32. The smallest absolute Gasteiger partial charge is 0.128 e. The van der Waals surface area contributed by atoms with Gasteiger partial charge in [-0.25, -0.2) is 0 Å². The van der Waals surface area contributed by atoms with Gasteiger partial charge in [0.25, 0.3) is 0 Å². The molecule has 0 amide bonds. The van der Waals surface area contributed by atoms with Gasteiger partial charge in [0.2, 0.25) is 0 Å². The number of ether oxygens (including phenoxy) is 1. The Morgan fingerprint density at radius 1 is 1.28 bits per heavy atom. The summed E-state index contributed by atoms with van der Waals surface area (Å²) in [4.78, 5) is 4.74. The van der Waals surface area contributed by atoms with Crippen molar-refractivity contribution in [3.8, 4) is 0 Å². The van der Waals surface area contributed by atoms with Crippen molar-refractivity contribution in [3.05, 3.63) is 34.8 Å². The standard InChI is InChI=1S/C14H18N2OS/c1-2-4-13-11(3-1)9-15-14(16-13)10-18-12-5-7-17-8-6-12/h1-4,9,12,14-15H,5-8,10H2. The number of hydrogen-bond acceptors (Lipinski definition) is 4. The molecule has 0 bridgehead atoms. The lowest BCUT2D eigenvalue weighted by Gasteiger charge is -2.23. The molecule has 4 heteroatoms. The number of nitrogens with zero attached hydrogens (tertiary/aromatic N) is 1. The Hall–Kier alpha value is -1.00. The largest absolute Gasteiger partial charge is 0.381 e. The summed E-state index contributed by atoms with van der Waals surface area (Å²) in [6.45, 7) is 1.84. The predicted octanol–water partition coefficient (Wildman–Crippen LogP) is 0.886. The van der Waals surface area contributed by atoms with Crippen molar-refractivity contribution in [2.75, 3.05) is 19.0 Å². The molecule has 1 saturated heterocycles. The zero-order valence-electron chi connectivity index (χ0n) is 10.3. The number of fused-ring (bicyclic) bond motifs is 1. The fraction of sp³-hybridized carbons (Fsp3) is 0.500. The Labute approximate surface area is 111 Å². The van der Waals surface area contributed by atoms with E-state index in [0.717, 1.165) is 29.6 Å². The molecule has 3 nitrogen and oxygen atoms in total. The van der Waals surface area contributed by atoms with E-state index in [2.05, 4.69) is 23.6 Å². The number of para-hydroxylation sites is 1. The summed E-state index contributed by atoms with van der Waals surface area (Å²) >= 11 is 2.02. The maximum atomic E-state index is 5.38. The topological polar surface area (TPSA) is 33.6 Å². The van der Waals surface area contributed by atoms with E-state index in [0.29, 0.717) is 0 Å². The van der Waals surface area contributed by atoms with Crippen LogP contribution in [0.3, 0.4) is 0 Å². The first-order valence-electron chi connectivity index (χ1n) is 6.50. The fourth-order valence-electron chi connectivity index (χ4n) is 2.27. The van der Waals surface area contributed by atoms with Gasteiger partial charge in [-0.2, -0.15) is 11.8 Å². The van der Waals surface area contributed by atoms with E-state index in [-0.39, 0.29) is 6.17 Å². The van der Waals surface area contributed by atoms with E-state index in [1.807, 2.05) is 23.9 Å². The average Bonchev–Trinajstić information content (AvgIpc) is 2.46. The molecule has 2 aliphatic rings. The van der Waals surface area contributed by atoms with Crippen molar-refractivity contribution in [1.29, 1.82) is 0 Å². The summed E-state index contributed by atoms with van der Waals surface area (Å²) in [6.07, 6.45) is 4.65. The zero-order valence-corrected chi connectivity index (χ0v) is 11.2. The van der Waals surface area contributed by atoms with Gasteiger partial charge in [-0.15, -0.1) is 0 Å². The second-order valence-corrected chi connectivity index (χ2v) is 5.99. The van der Waals surface area contributed by atoms with Crippen LogP contribution in [0.5, 0.6) is 0 Å². The molecular formula is C14H18N2OS. The molecule has 0 aliphatic carbocycles. The van der Waals surface area contributed by atoms with Crippen molar-refractivity contribution in [3.63, 3.8) is 0 Å². The molecule has 3 rings (SSSR count). The van der Waals surface area contributed by atoms with Crippen LogP contribution in [0.1, 0.15) is 12.8 Å². The van der Waals surface area contributed by atoms with Crippen molar-refractivity contribution >= 4 is 18.0 Å². The van der Waals surface area contributed by atoms with Gasteiger partial charge in [-0.05, 0) is 18.9 Å². The van der Waals surface area contributed by atoms with Gasteiger partial charge in [-0.3, -0.25) is 4.99 Å². The summed E-state index contributed by atoms with van der Waals surface area (Å²) in [5.41, 5.74) is 0. The summed E-state index contributed by atoms with van der Waals surface area (Å²) in [7, 11) is 0. The normalized spacial score (nSPS) is 23.4. The highest BCUT2D eigenvalue weighted by Crippen LogP contribution is 2.22. The Morgan fingerprint density at radius 3 is 3.00 bits per heavy atom. The molecule has 1 fully saturated rings. The summed E-state index contributed by atoms with van der Waals surface area (Å²) in [6, 6.07) is 8.26. The molecule has 1 unspecified atom stereocenters. The maximum Gasteiger partial charge on any atom is 0.128 e. The monoisotopic (exact) mass is 262 g/mol. The SMILES string of the molecule is C1=c2ccccc2=NC(CSC2CCOCC2)N1. The molecule has 0 saturated carbocycles. The number of thioether (sulfide) groups is 1. The quantitative estimate of drug-likeness (QED) is 0.878. The Bertz CT molecular complexity index is 511. The first-order chi connectivity index (χ1) is 8.92. The lowest BCUT2D eigenvalue weighted by molar-refractivity contribution is 0.1000. The van der Waals surface area contributed by atoms with Gasteiger partial charge < -0.3 is 10.1 Å². The molecule has 1 aromatic carbocycles. The van der Waals surface area contributed by atoms with Crippen LogP contribution in [0.15, 0.2) is 29.3 Å². The molecule has 0 spiro atoms. The minimum absolute atomic E-state index is 0.216. The van der Waals surface area contributed by atoms with Crippen molar-refractivity contribution in [1.82, 2.24) is 5.32 Å². The van der Waals surface area contributed by atoms with E-state index in [1.54, 1.807) is 0 Å².